The summed E-state index contributed by atoms with van der Waals surface area (Å²) in [6, 6.07) is 6.45. The first-order valence-corrected chi connectivity index (χ1v) is 9.08. The second-order valence-electron chi connectivity index (χ2n) is 7.15. The van der Waals surface area contributed by atoms with Crippen molar-refractivity contribution < 1.29 is 4.74 Å². The van der Waals surface area contributed by atoms with Gasteiger partial charge in [-0.1, -0.05) is 18.6 Å². The molecular weight excluding hydrogens is 322 g/mol. The Hall–Kier alpha value is -1.000. The summed E-state index contributed by atoms with van der Waals surface area (Å²) >= 11 is 9.42. The van der Waals surface area contributed by atoms with Crippen LogP contribution in [0.15, 0.2) is 29.8 Å². The van der Waals surface area contributed by atoms with Crippen molar-refractivity contribution in [1.29, 1.82) is 0 Å². The molecule has 2 nitrogen and oxygen atoms in total. The van der Waals surface area contributed by atoms with E-state index in [1.165, 1.54) is 27.7 Å². The summed E-state index contributed by atoms with van der Waals surface area (Å²) in [6.07, 6.45) is 6.59. The number of ether oxygens (including phenoxy) is 1. The molecule has 0 fully saturated rings. The fraction of sp³-hybridized carbons (Fsp3) is 0.474. The van der Waals surface area contributed by atoms with Gasteiger partial charge in [0.15, 0.2) is 0 Å². The lowest BCUT2D eigenvalue weighted by molar-refractivity contribution is 0.408. The minimum Gasteiger partial charge on any atom is -0.497 e. The van der Waals surface area contributed by atoms with Crippen molar-refractivity contribution in [2.45, 2.75) is 42.1 Å². The molecule has 2 aliphatic carbocycles. The zero-order valence-corrected chi connectivity index (χ0v) is 15.7. The lowest BCUT2D eigenvalue weighted by Gasteiger charge is -2.44. The van der Waals surface area contributed by atoms with Crippen LogP contribution < -0.4 is 4.74 Å². The van der Waals surface area contributed by atoms with Gasteiger partial charge in [-0.2, -0.15) is 25.3 Å². The Bertz CT molecular complexity index is 833. The number of methoxy groups -OCH3 is 1. The first kappa shape index (κ1) is 15.5. The molecule has 1 atom stereocenters. The SMILES string of the molecule is COc1ccc2c3c(n(C)c2c1)C1(C)CCC(S)(S)C=C1CC3. The number of aryl methyl sites for hydroxylation is 2. The predicted octanol–water partition coefficient (Wildman–Crippen LogP) is 4.67. The lowest BCUT2D eigenvalue weighted by atomic mass is 9.65. The van der Waals surface area contributed by atoms with Gasteiger partial charge in [-0.15, -0.1) is 0 Å². The molecule has 2 aliphatic rings. The molecule has 0 spiro atoms. The molecule has 1 unspecified atom stereocenters. The Morgan fingerprint density at radius 3 is 2.70 bits per heavy atom. The highest BCUT2D eigenvalue weighted by atomic mass is 32.2. The molecule has 0 saturated heterocycles. The molecule has 2 aromatic rings. The number of aromatic nitrogens is 1. The van der Waals surface area contributed by atoms with Gasteiger partial charge in [-0.25, -0.2) is 0 Å². The van der Waals surface area contributed by atoms with Crippen LogP contribution in [0.5, 0.6) is 5.75 Å². The molecule has 1 aromatic carbocycles. The minimum atomic E-state index is -0.264. The second-order valence-corrected chi connectivity index (χ2v) is 9.10. The van der Waals surface area contributed by atoms with E-state index in [2.05, 4.69) is 42.8 Å². The van der Waals surface area contributed by atoms with Crippen molar-refractivity contribution in [2.24, 2.45) is 7.05 Å². The number of allylic oxidation sites excluding steroid dienone is 1. The Balaban J connectivity index is 1.98. The molecule has 1 aromatic heterocycles. The zero-order chi connectivity index (χ0) is 16.4. The summed E-state index contributed by atoms with van der Waals surface area (Å²) in [5.41, 5.74) is 5.85. The van der Waals surface area contributed by atoms with Gasteiger partial charge in [0.25, 0.3) is 0 Å². The van der Waals surface area contributed by atoms with E-state index < -0.39 is 0 Å². The smallest absolute Gasteiger partial charge is 0.120 e. The molecule has 1 heterocycles. The van der Waals surface area contributed by atoms with Crippen LogP contribution in [0.25, 0.3) is 10.9 Å². The maximum Gasteiger partial charge on any atom is 0.120 e. The molecular formula is C19H23NOS2. The van der Waals surface area contributed by atoms with E-state index in [1.807, 2.05) is 0 Å². The summed E-state index contributed by atoms with van der Waals surface area (Å²) in [7, 11) is 3.92. The summed E-state index contributed by atoms with van der Waals surface area (Å²) in [4.78, 5) is 0. The number of thiol groups is 2. The van der Waals surface area contributed by atoms with Crippen molar-refractivity contribution in [3.8, 4) is 5.75 Å². The Kier molecular flexibility index (Phi) is 3.37. The van der Waals surface area contributed by atoms with Crippen LogP contribution in [0, 0.1) is 0 Å². The highest BCUT2D eigenvalue weighted by molar-refractivity contribution is 8.00. The number of rotatable bonds is 1. The summed E-state index contributed by atoms with van der Waals surface area (Å²) < 4.78 is 7.54. The summed E-state index contributed by atoms with van der Waals surface area (Å²) in [6.45, 7) is 2.39. The number of hydrogen-bond donors (Lipinski definition) is 2. The normalized spacial score (nSPS) is 25.7. The molecule has 122 valence electrons. The first-order chi connectivity index (χ1) is 10.9. The summed E-state index contributed by atoms with van der Waals surface area (Å²) in [5, 5.41) is 1.37. The van der Waals surface area contributed by atoms with Crippen molar-refractivity contribution in [3.63, 3.8) is 0 Å². The van der Waals surface area contributed by atoms with Crippen LogP contribution in [0.4, 0.5) is 0 Å². The van der Waals surface area contributed by atoms with Crippen LogP contribution in [-0.4, -0.2) is 15.8 Å². The second kappa shape index (κ2) is 5.00. The molecule has 0 bridgehead atoms. The quantitative estimate of drug-likeness (QED) is 0.436. The van der Waals surface area contributed by atoms with Crippen molar-refractivity contribution in [3.05, 3.63) is 41.1 Å². The average molecular weight is 346 g/mol. The fourth-order valence-corrected chi connectivity index (χ4v) is 5.10. The number of fused-ring (bicyclic) bond motifs is 5. The maximum atomic E-state index is 5.42. The van der Waals surface area contributed by atoms with E-state index in [0.29, 0.717) is 0 Å². The van der Waals surface area contributed by atoms with Crippen LogP contribution >= 0.6 is 25.3 Å². The fourth-order valence-electron chi connectivity index (χ4n) is 4.56. The van der Waals surface area contributed by atoms with E-state index in [4.69, 9.17) is 30.0 Å². The van der Waals surface area contributed by atoms with Gasteiger partial charge >= 0.3 is 0 Å². The molecule has 0 radical (unpaired) electrons. The van der Waals surface area contributed by atoms with Crippen LogP contribution in [0.3, 0.4) is 0 Å². The van der Waals surface area contributed by atoms with Gasteiger partial charge in [-0.05, 0) is 43.4 Å². The molecule has 0 amide bonds. The number of nitrogens with zero attached hydrogens (tertiary/aromatic N) is 1. The van der Waals surface area contributed by atoms with Crippen LogP contribution in [-0.2, 0) is 18.9 Å². The molecule has 0 saturated carbocycles. The van der Waals surface area contributed by atoms with Crippen molar-refractivity contribution in [1.82, 2.24) is 4.57 Å². The van der Waals surface area contributed by atoms with Crippen molar-refractivity contribution in [2.75, 3.05) is 7.11 Å². The van der Waals surface area contributed by atoms with Crippen LogP contribution in [0.2, 0.25) is 0 Å². The number of benzene rings is 1. The zero-order valence-electron chi connectivity index (χ0n) is 13.9. The molecule has 4 heteroatoms. The van der Waals surface area contributed by atoms with E-state index in [1.54, 1.807) is 7.11 Å². The van der Waals surface area contributed by atoms with E-state index >= 15 is 0 Å². The molecule has 23 heavy (non-hydrogen) atoms. The minimum absolute atomic E-state index is 0.101. The standard InChI is InChI=1S/C19H23NOS2/c1-18-8-9-19(22,23)11-12(18)4-6-15-14-7-5-13(21-3)10-16(14)20(2)17(15)18/h5,7,10-11,22-23H,4,6,8-9H2,1-3H3. The largest absolute Gasteiger partial charge is 0.497 e. The highest BCUT2D eigenvalue weighted by Gasteiger charge is 2.44. The van der Waals surface area contributed by atoms with E-state index in [-0.39, 0.29) is 9.49 Å². The van der Waals surface area contributed by atoms with E-state index in [9.17, 15) is 0 Å². The Morgan fingerprint density at radius 2 is 1.96 bits per heavy atom. The van der Waals surface area contributed by atoms with Gasteiger partial charge < -0.3 is 9.30 Å². The highest BCUT2D eigenvalue weighted by Crippen LogP contribution is 2.53. The van der Waals surface area contributed by atoms with E-state index in [0.717, 1.165) is 31.4 Å². The van der Waals surface area contributed by atoms with Crippen molar-refractivity contribution >= 4 is 36.2 Å². The lowest BCUT2D eigenvalue weighted by Crippen LogP contribution is -2.38. The summed E-state index contributed by atoms with van der Waals surface area (Å²) in [5.74, 6) is 0.921. The van der Waals surface area contributed by atoms with Crippen LogP contribution in [0.1, 0.15) is 37.4 Å². The predicted molar refractivity (Wildman–Crippen MR) is 103 cm³/mol. The Labute approximate surface area is 148 Å². The number of hydrogen-bond acceptors (Lipinski definition) is 3. The van der Waals surface area contributed by atoms with Gasteiger partial charge in [0.1, 0.15) is 5.75 Å². The van der Waals surface area contributed by atoms with Gasteiger partial charge in [0.2, 0.25) is 0 Å². The molecule has 4 rings (SSSR count). The third-order valence-corrected chi connectivity index (χ3v) is 6.49. The van der Waals surface area contributed by atoms with Gasteiger partial charge in [-0.3, -0.25) is 0 Å². The topological polar surface area (TPSA) is 14.2 Å². The Morgan fingerprint density at radius 1 is 1.17 bits per heavy atom. The molecule has 0 aliphatic heterocycles. The third-order valence-electron chi connectivity index (χ3n) is 5.79. The molecule has 0 N–H and O–H groups in total. The third kappa shape index (κ3) is 2.18. The maximum absolute atomic E-state index is 5.42. The monoisotopic (exact) mass is 345 g/mol. The first-order valence-electron chi connectivity index (χ1n) is 8.18. The van der Waals surface area contributed by atoms with Gasteiger partial charge in [0, 0.05) is 29.6 Å². The van der Waals surface area contributed by atoms with Gasteiger partial charge in [0.05, 0.1) is 16.7 Å². The average Bonchev–Trinajstić information content (AvgIpc) is 2.81.